The van der Waals surface area contributed by atoms with Gasteiger partial charge in [-0.05, 0) is 68.8 Å². The average molecular weight is 421 g/mol. The Labute approximate surface area is 179 Å². The Morgan fingerprint density at radius 2 is 1.67 bits per heavy atom. The number of hydrogen-bond donors (Lipinski definition) is 1. The third-order valence-corrected chi connectivity index (χ3v) is 5.06. The Morgan fingerprint density at radius 3 is 2.33 bits per heavy atom. The molecule has 4 rings (SSSR count). The molecule has 0 saturated carbocycles. The van der Waals surface area contributed by atoms with Gasteiger partial charge in [-0.25, -0.2) is 15.4 Å². The van der Waals surface area contributed by atoms with Gasteiger partial charge in [0.15, 0.2) is 0 Å². The van der Waals surface area contributed by atoms with Crippen molar-refractivity contribution < 1.29 is 9.15 Å². The minimum atomic E-state index is 0.436. The summed E-state index contributed by atoms with van der Waals surface area (Å²) < 4.78 is 11.4. The van der Waals surface area contributed by atoms with Crippen molar-refractivity contribution in [2.45, 2.75) is 20.8 Å². The second kappa shape index (κ2) is 8.16. The van der Waals surface area contributed by atoms with Gasteiger partial charge in [-0.3, -0.25) is 0 Å². The molecule has 0 aliphatic rings. The molecule has 0 saturated heterocycles. The quantitative estimate of drug-likeness (QED) is 0.447. The summed E-state index contributed by atoms with van der Waals surface area (Å²) in [6, 6.07) is 15.2. The maximum Gasteiger partial charge on any atom is 0.243 e. The fraction of sp³-hybridized carbons (Fsp3) is 0.174. The normalized spacial score (nSPS) is 11.7. The summed E-state index contributed by atoms with van der Waals surface area (Å²) in [5.74, 6) is 1.89. The first-order valence-corrected chi connectivity index (χ1v) is 9.81. The van der Waals surface area contributed by atoms with Crippen LogP contribution >= 0.6 is 11.6 Å². The highest BCUT2D eigenvalue weighted by molar-refractivity contribution is 6.32. The molecule has 2 aromatic carbocycles. The predicted octanol–water partition coefficient (Wildman–Crippen LogP) is 5.40. The zero-order chi connectivity index (χ0) is 21.3. The van der Waals surface area contributed by atoms with Crippen LogP contribution in [0.4, 0.5) is 5.95 Å². The van der Waals surface area contributed by atoms with Crippen LogP contribution in [0.5, 0.6) is 5.75 Å². The van der Waals surface area contributed by atoms with E-state index in [1.807, 2.05) is 69.3 Å². The Hall–Kier alpha value is -3.38. The molecule has 0 fully saturated rings. The maximum absolute atomic E-state index is 6.37. The summed E-state index contributed by atoms with van der Waals surface area (Å²) in [7, 11) is 1.64. The van der Waals surface area contributed by atoms with Crippen molar-refractivity contribution in [2.75, 3.05) is 12.5 Å². The van der Waals surface area contributed by atoms with Crippen LogP contribution in [0.1, 0.15) is 17.0 Å². The van der Waals surface area contributed by atoms with Crippen molar-refractivity contribution in [3.63, 3.8) is 0 Å². The SMILES string of the molecule is COc1ccc(-c2c/c(=N/Nc3nc(C)cc(C)n3)c3cc(Cl)c(C)cc3o2)cc1. The van der Waals surface area contributed by atoms with Gasteiger partial charge >= 0.3 is 0 Å². The number of benzene rings is 2. The molecule has 2 aromatic heterocycles. The number of methoxy groups -OCH3 is 1. The van der Waals surface area contributed by atoms with E-state index in [0.717, 1.165) is 33.7 Å². The number of hydrogen-bond acceptors (Lipinski definition) is 6. The Kier molecular flexibility index (Phi) is 5.42. The first kappa shape index (κ1) is 19.9. The standard InChI is InChI=1S/C23H21ClN4O2/c1-13-9-22-18(11-19(13)24)20(27-28-23-25-14(2)10-15(3)26-23)12-21(30-22)16-5-7-17(29-4)8-6-16/h5-12H,1-4H3,(H,25,26,28)/b27-20-. The molecule has 152 valence electrons. The van der Waals surface area contributed by atoms with Crippen LogP contribution < -0.4 is 15.5 Å². The van der Waals surface area contributed by atoms with Crippen molar-refractivity contribution in [2.24, 2.45) is 5.10 Å². The maximum atomic E-state index is 6.37. The third-order valence-electron chi connectivity index (χ3n) is 4.66. The van der Waals surface area contributed by atoms with E-state index in [1.54, 1.807) is 7.11 Å². The number of fused-ring (bicyclic) bond motifs is 1. The molecular weight excluding hydrogens is 400 g/mol. The molecule has 0 aliphatic heterocycles. The summed E-state index contributed by atoms with van der Waals surface area (Å²) >= 11 is 6.37. The predicted molar refractivity (Wildman–Crippen MR) is 119 cm³/mol. The number of rotatable bonds is 4. The number of anilines is 1. The third kappa shape index (κ3) is 4.14. The molecule has 6 nitrogen and oxygen atoms in total. The second-order valence-electron chi connectivity index (χ2n) is 7.02. The summed E-state index contributed by atoms with van der Waals surface area (Å²) in [4.78, 5) is 8.76. The molecule has 0 unspecified atom stereocenters. The van der Waals surface area contributed by atoms with E-state index in [9.17, 15) is 0 Å². The zero-order valence-corrected chi connectivity index (χ0v) is 17.9. The van der Waals surface area contributed by atoms with Crippen molar-refractivity contribution in [1.82, 2.24) is 9.97 Å². The van der Waals surface area contributed by atoms with Crippen LogP contribution in [0.3, 0.4) is 0 Å². The molecule has 2 heterocycles. The van der Waals surface area contributed by atoms with Crippen LogP contribution in [0, 0.1) is 20.8 Å². The lowest BCUT2D eigenvalue weighted by molar-refractivity contribution is 0.415. The highest BCUT2D eigenvalue weighted by atomic mass is 35.5. The summed E-state index contributed by atoms with van der Waals surface area (Å²) in [5.41, 5.74) is 7.22. The molecular formula is C23H21ClN4O2. The number of nitrogens with zero attached hydrogens (tertiary/aromatic N) is 3. The smallest absolute Gasteiger partial charge is 0.243 e. The molecule has 4 aromatic rings. The van der Waals surface area contributed by atoms with Crippen molar-refractivity contribution >= 4 is 28.5 Å². The van der Waals surface area contributed by atoms with E-state index in [1.165, 1.54) is 0 Å². The Bertz CT molecular complexity index is 1280. The van der Waals surface area contributed by atoms with E-state index in [0.29, 0.717) is 27.7 Å². The van der Waals surface area contributed by atoms with E-state index in [4.69, 9.17) is 20.8 Å². The molecule has 0 amide bonds. The number of ether oxygens (including phenoxy) is 1. The van der Waals surface area contributed by atoms with E-state index in [-0.39, 0.29) is 0 Å². The van der Waals surface area contributed by atoms with Gasteiger partial charge in [-0.2, -0.15) is 5.10 Å². The van der Waals surface area contributed by atoms with E-state index >= 15 is 0 Å². The van der Waals surface area contributed by atoms with Gasteiger partial charge in [0.25, 0.3) is 0 Å². The molecule has 0 spiro atoms. The molecule has 0 atom stereocenters. The van der Waals surface area contributed by atoms with Gasteiger partial charge in [-0.1, -0.05) is 11.6 Å². The molecule has 0 aliphatic carbocycles. The van der Waals surface area contributed by atoms with Crippen molar-refractivity contribution in [3.8, 4) is 17.1 Å². The van der Waals surface area contributed by atoms with Crippen LogP contribution in [0.25, 0.3) is 22.3 Å². The lowest BCUT2D eigenvalue weighted by Gasteiger charge is -2.08. The van der Waals surface area contributed by atoms with Crippen LogP contribution in [-0.4, -0.2) is 17.1 Å². The first-order chi connectivity index (χ1) is 14.4. The van der Waals surface area contributed by atoms with Gasteiger partial charge in [0.2, 0.25) is 5.95 Å². The average Bonchev–Trinajstić information content (AvgIpc) is 2.72. The number of aromatic nitrogens is 2. The number of aryl methyl sites for hydroxylation is 3. The first-order valence-electron chi connectivity index (χ1n) is 9.43. The minimum Gasteiger partial charge on any atom is -0.497 e. The fourth-order valence-electron chi connectivity index (χ4n) is 3.17. The molecule has 0 radical (unpaired) electrons. The second-order valence-corrected chi connectivity index (χ2v) is 7.43. The lowest BCUT2D eigenvalue weighted by Crippen LogP contribution is -2.09. The van der Waals surface area contributed by atoms with Gasteiger partial charge in [0.05, 0.1) is 12.5 Å². The van der Waals surface area contributed by atoms with Crippen molar-refractivity contribution in [1.29, 1.82) is 0 Å². The van der Waals surface area contributed by atoms with Gasteiger partial charge in [0.1, 0.15) is 17.1 Å². The van der Waals surface area contributed by atoms with Crippen LogP contribution in [0.2, 0.25) is 5.02 Å². The summed E-state index contributed by atoms with van der Waals surface area (Å²) in [5, 5.41) is 6.67. The Morgan fingerprint density at radius 1 is 0.967 bits per heavy atom. The van der Waals surface area contributed by atoms with E-state index in [2.05, 4.69) is 20.5 Å². The highest BCUT2D eigenvalue weighted by Gasteiger charge is 2.09. The summed E-state index contributed by atoms with van der Waals surface area (Å²) in [6.45, 7) is 5.78. The van der Waals surface area contributed by atoms with Crippen LogP contribution in [-0.2, 0) is 0 Å². The lowest BCUT2D eigenvalue weighted by atomic mass is 10.1. The molecule has 1 N–H and O–H groups in total. The van der Waals surface area contributed by atoms with Gasteiger partial charge < -0.3 is 9.15 Å². The highest BCUT2D eigenvalue weighted by Crippen LogP contribution is 2.27. The molecule has 7 heteroatoms. The minimum absolute atomic E-state index is 0.436. The Balaban J connectivity index is 1.87. The van der Waals surface area contributed by atoms with Crippen LogP contribution in [0.15, 0.2) is 58.0 Å². The monoisotopic (exact) mass is 420 g/mol. The number of nitrogens with one attached hydrogen (secondary N) is 1. The van der Waals surface area contributed by atoms with Crippen molar-refractivity contribution in [3.05, 3.63) is 75.9 Å². The molecule has 0 bridgehead atoms. The number of halogens is 1. The van der Waals surface area contributed by atoms with Gasteiger partial charge in [-0.15, -0.1) is 0 Å². The molecule has 30 heavy (non-hydrogen) atoms. The topological polar surface area (TPSA) is 72.5 Å². The fourth-order valence-corrected chi connectivity index (χ4v) is 3.33. The van der Waals surface area contributed by atoms with E-state index < -0.39 is 0 Å². The summed E-state index contributed by atoms with van der Waals surface area (Å²) in [6.07, 6.45) is 0. The van der Waals surface area contributed by atoms with Gasteiger partial charge in [0, 0.05) is 33.4 Å². The zero-order valence-electron chi connectivity index (χ0n) is 17.2. The largest absolute Gasteiger partial charge is 0.497 e.